The van der Waals surface area contributed by atoms with Crippen molar-refractivity contribution in [1.82, 2.24) is 5.32 Å². The molecule has 0 aliphatic heterocycles. The molecule has 1 aromatic rings. The number of amides is 1. The maximum atomic E-state index is 11.7. The van der Waals surface area contributed by atoms with Gasteiger partial charge in [0.2, 0.25) is 5.91 Å². The molecule has 1 heterocycles. The van der Waals surface area contributed by atoms with Crippen LogP contribution in [0.15, 0.2) is 17.5 Å². The molecule has 0 saturated carbocycles. The van der Waals surface area contributed by atoms with Crippen LogP contribution in [0.3, 0.4) is 0 Å². The zero-order valence-electron chi connectivity index (χ0n) is 10.9. The molecule has 5 nitrogen and oxygen atoms in total. The van der Waals surface area contributed by atoms with E-state index in [-0.39, 0.29) is 11.7 Å². The fraction of sp³-hybridized carbons (Fsp3) is 0.500. The van der Waals surface area contributed by atoms with Gasteiger partial charge in [0.25, 0.3) is 0 Å². The largest absolute Gasteiger partial charge is 0.480 e. The van der Waals surface area contributed by atoms with Gasteiger partial charge in [0.05, 0.1) is 12.3 Å². The minimum Gasteiger partial charge on any atom is -0.480 e. The van der Waals surface area contributed by atoms with E-state index in [4.69, 9.17) is 10.8 Å². The Bertz CT molecular complexity index is 432. The van der Waals surface area contributed by atoms with Crippen molar-refractivity contribution < 1.29 is 14.7 Å². The van der Waals surface area contributed by atoms with Gasteiger partial charge in [-0.1, -0.05) is 6.07 Å². The number of carbonyl (C=O) groups is 2. The molecule has 106 valence electrons. The molecule has 7 heteroatoms. The Balaban J connectivity index is 2.35. The van der Waals surface area contributed by atoms with E-state index in [9.17, 15) is 9.59 Å². The fourth-order valence-corrected chi connectivity index (χ4v) is 2.82. The van der Waals surface area contributed by atoms with E-state index in [2.05, 4.69) is 5.32 Å². The summed E-state index contributed by atoms with van der Waals surface area (Å²) in [4.78, 5) is 23.6. The first-order chi connectivity index (χ1) is 8.83. The maximum absolute atomic E-state index is 11.7. The number of hydrogen-bond acceptors (Lipinski definition) is 5. The molecule has 1 rings (SSSR count). The van der Waals surface area contributed by atoms with Gasteiger partial charge in [0.15, 0.2) is 0 Å². The molecule has 0 aliphatic rings. The van der Waals surface area contributed by atoms with Crippen LogP contribution in [0.5, 0.6) is 0 Å². The monoisotopic (exact) mass is 302 g/mol. The van der Waals surface area contributed by atoms with E-state index in [1.54, 1.807) is 25.2 Å². The van der Waals surface area contributed by atoms with Gasteiger partial charge in [0.1, 0.15) is 6.04 Å². The molecule has 0 unspecified atom stereocenters. The van der Waals surface area contributed by atoms with Crippen LogP contribution < -0.4 is 11.1 Å². The average Bonchev–Trinajstić information content (AvgIpc) is 2.86. The van der Waals surface area contributed by atoms with Crippen LogP contribution in [-0.4, -0.2) is 33.5 Å². The number of carboxylic acids is 1. The molecule has 1 amide bonds. The highest BCUT2D eigenvalue weighted by Gasteiger charge is 2.33. The second-order valence-corrected chi connectivity index (χ2v) is 7.23. The number of thioether (sulfide) groups is 1. The Morgan fingerprint density at radius 1 is 1.58 bits per heavy atom. The minimum absolute atomic E-state index is 0.121. The summed E-state index contributed by atoms with van der Waals surface area (Å²) in [5.41, 5.74) is 5.58. The fourth-order valence-electron chi connectivity index (χ4n) is 1.29. The van der Waals surface area contributed by atoms with Crippen LogP contribution in [0, 0.1) is 0 Å². The van der Waals surface area contributed by atoms with Gasteiger partial charge in [-0.15, -0.1) is 23.1 Å². The molecule has 1 aromatic heterocycles. The Morgan fingerprint density at radius 2 is 2.26 bits per heavy atom. The number of hydrogen-bond donors (Lipinski definition) is 3. The maximum Gasteiger partial charge on any atom is 0.321 e. The normalized spacial score (nSPS) is 13.0. The average molecular weight is 302 g/mol. The standard InChI is InChI=1S/C12H18N2O3S2/c1-12(2,10(13)11(16)17)19-7-9(15)14-6-8-4-3-5-18-8/h3-5,10H,6-7,13H2,1-2H3,(H,14,15)(H,16,17)/t10-/m1/s1. The third-order valence-corrected chi connectivity index (χ3v) is 4.91. The summed E-state index contributed by atoms with van der Waals surface area (Å²) in [6, 6.07) is 2.88. The number of carbonyl (C=O) groups excluding carboxylic acids is 1. The summed E-state index contributed by atoms with van der Waals surface area (Å²) in [6.07, 6.45) is 0. The molecule has 1 atom stereocenters. The highest BCUT2D eigenvalue weighted by atomic mass is 32.2. The molecule has 0 aliphatic carbocycles. The smallest absolute Gasteiger partial charge is 0.321 e. The van der Waals surface area contributed by atoms with E-state index in [0.29, 0.717) is 6.54 Å². The lowest BCUT2D eigenvalue weighted by molar-refractivity contribution is -0.139. The zero-order valence-corrected chi connectivity index (χ0v) is 12.5. The molecule has 19 heavy (non-hydrogen) atoms. The molecular formula is C12H18N2O3S2. The molecular weight excluding hydrogens is 284 g/mol. The Morgan fingerprint density at radius 3 is 2.79 bits per heavy atom. The van der Waals surface area contributed by atoms with Crippen LogP contribution in [0.2, 0.25) is 0 Å². The summed E-state index contributed by atoms with van der Waals surface area (Å²) in [5, 5.41) is 13.6. The van der Waals surface area contributed by atoms with Gasteiger partial charge in [0, 0.05) is 9.62 Å². The van der Waals surface area contributed by atoms with E-state index >= 15 is 0 Å². The lowest BCUT2D eigenvalue weighted by Crippen LogP contribution is -2.47. The lowest BCUT2D eigenvalue weighted by atomic mass is 10.1. The van der Waals surface area contributed by atoms with Gasteiger partial charge >= 0.3 is 5.97 Å². The highest BCUT2D eigenvalue weighted by Crippen LogP contribution is 2.27. The third-order valence-electron chi connectivity index (χ3n) is 2.63. The summed E-state index contributed by atoms with van der Waals surface area (Å²) in [6.45, 7) is 3.95. The molecule has 0 radical (unpaired) electrons. The number of nitrogens with two attached hydrogens (primary N) is 1. The number of thiophene rings is 1. The van der Waals surface area contributed by atoms with E-state index < -0.39 is 16.8 Å². The van der Waals surface area contributed by atoms with Crippen LogP contribution in [0.4, 0.5) is 0 Å². The summed E-state index contributed by atoms with van der Waals surface area (Å²) >= 11 is 2.82. The van der Waals surface area contributed by atoms with Gasteiger partial charge in [-0.3, -0.25) is 9.59 Å². The van der Waals surface area contributed by atoms with Crippen LogP contribution >= 0.6 is 23.1 Å². The quantitative estimate of drug-likeness (QED) is 0.706. The van der Waals surface area contributed by atoms with E-state index in [1.807, 2.05) is 17.5 Å². The van der Waals surface area contributed by atoms with Crippen molar-refractivity contribution in [2.24, 2.45) is 5.73 Å². The number of rotatable bonds is 7. The third kappa shape index (κ3) is 5.22. The Kier molecular flexibility index (Phi) is 5.84. The lowest BCUT2D eigenvalue weighted by Gasteiger charge is -2.27. The molecule has 0 saturated heterocycles. The molecule has 0 spiro atoms. The van der Waals surface area contributed by atoms with Crippen LogP contribution in [0.25, 0.3) is 0 Å². The first-order valence-electron chi connectivity index (χ1n) is 5.74. The van der Waals surface area contributed by atoms with E-state index in [0.717, 1.165) is 4.88 Å². The van der Waals surface area contributed by atoms with Crippen molar-refractivity contribution in [3.8, 4) is 0 Å². The van der Waals surface area contributed by atoms with E-state index in [1.165, 1.54) is 11.8 Å². The predicted octanol–water partition coefficient (Wildman–Crippen LogP) is 1.29. The second kappa shape index (κ2) is 6.93. The number of aliphatic carboxylic acids is 1. The van der Waals surface area contributed by atoms with Gasteiger partial charge in [-0.05, 0) is 25.3 Å². The van der Waals surface area contributed by atoms with Gasteiger partial charge in [-0.2, -0.15) is 0 Å². The Labute approximate surface area is 120 Å². The number of nitrogens with one attached hydrogen (secondary N) is 1. The predicted molar refractivity (Wildman–Crippen MR) is 78.3 cm³/mol. The summed E-state index contributed by atoms with van der Waals surface area (Å²) in [5.74, 6) is -0.986. The van der Waals surface area contributed by atoms with Crippen molar-refractivity contribution in [1.29, 1.82) is 0 Å². The summed E-state index contributed by atoms with van der Waals surface area (Å²) in [7, 11) is 0. The number of carboxylic acid groups (broad SMARTS) is 1. The van der Waals surface area contributed by atoms with Crippen molar-refractivity contribution in [3.05, 3.63) is 22.4 Å². The van der Waals surface area contributed by atoms with Crippen LogP contribution in [0.1, 0.15) is 18.7 Å². The van der Waals surface area contributed by atoms with Crippen molar-refractivity contribution in [2.75, 3.05) is 5.75 Å². The SMILES string of the molecule is CC(C)(SCC(=O)NCc1cccs1)[C@H](N)C(=O)O. The topological polar surface area (TPSA) is 92.4 Å². The van der Waals surface area contributed by atoms with Gasteiger partial charge in [-0.25, -0.2) is 0 Å². The minimum atomic E-state index is -1.06. The van der Waals surface area contributed by atoms with Crippen molar-refractivity contribution in [2.45, 2.75) is 31.2 Å². The van der Waals surface area contributed by atoms with Gasteiger partial charge < -0.3 is 16.2 Å². The van der Waals surface area contributed by atoms with Crippen molar-refractivity contribution >= 4 is 35.0 Å². The molecule has 4 N–H and O–H groups in total. The second-order valence-electron chi connectivity index (χ2n) is 4.56. The first kappa shape index (κ1) is 16.0. The summed E-state index contributed by atoms with van der Waals surface area (Å²) < 4.78 is -0.688. The molecule has 0 bridgehead atoms. The molecule has 0 fully saturated rings. The first-order valence-corrected chi connectivity index (χ1v) is 7.61. The molecule has 0 aromatic carbocycles. The highest BCUT2D eigenvalue weighted by molar-refractivity contribution is 8.01. The van der Waals surface area contributed by atoms with Crippen LogP contribution in [-0.2, 0) is 16.1 Å². The zero-order chi connectivity index (χ0) is 14.5. The van der Waals surface area contributed by atoms with Crippen molar-refractivity contribution in [3.63, 3.8) is 0 Å². The Hall–Kier alpha value is -1.05.